The van der Waals surface area contributed by atoms with Gasteiger partial charge in [0.2, 0.25) is 0 Å². The monoisotopic (exact) mass is 268 g/mol. The molecular formula is C13H20N2O2S. The first-order chi connectivity index (χ1) is 8.74. The summed E-state index contributed by atoms with van der Waals surface area (Å²) in [7, 11) is -0.587. The quantitative estimate of drug-likeness (QED) is 0.642. The number of hydrogen-bond donors (Lipinski definition) is 1. The number of rotatable bonds is 5. The van der Waals surface area contributed by atoms with Crippen LogP contribution >= 0.6 is 0 Å². The lowest BCUT2D eigenvalue weighted by Crippen LogP contribution is -2.38. The molecule has 18 heavy (non-hydrogen) atoms. The second kappa shape index (κ2) is 6.75. The van der Waals surface area contributed by atoms with Gasteiger partial charge in [0, 0.05) is 53.7 Å². The molecule has 0 aliphatic carbocycles. The molecule has 2 N–H and O–H groups in total. The first kappa shape index (κ1) is 13.4. The molecule has 5 heteroatoms. The molecule has 1 aromatic rings. The smallest absolute Gasteiger partial charge is 0.121 e. The highest BCUT2D eigenvalue weighted by Gasteiger charge is 2.14. The number of nitrogens with zero attached hydrogens (tertiary/aromatic N) is 1. The fraction of sp³-hybridized carbons (Fsp3) is 0.538. The molecule has 0 radical (unpaired) electrons. The lowest BCUT2D eigenvalue weighted by Gasteiger charge is -2.25. The number of nitrogens with two attached hydrogens (primary N) is 1. The summed E-state index contributed by atoms with van der Waals surface area (Å²) >= 11 is 0. The van der Waals surface area contributed by atoms with Crippen molar-refractivity contribution in [2.45, 2.75) is 6.42 Å². The Morgan fingerprint density at radius 2 is 2.11 bits per heavy atom. The van der Waals surface area contributed by atoms with E-state index in [1.54, 1.807) is 0 Å². The van der Waals surface area contributed by atoms with E-state index < -0.39 is 10.8 Å². The summed E-state index contributed by atoms with van der Waals surface area (Å²) in [6.45, 7) is 3.61. The summed E-state index contributed by atoms with van der Waals surface area (Å²) in [4.78, 5) is 2.35. The molecule has 1 aliphatic heterocycles. The maximum atomic E-state index is 11.2. The van der Waals surface area contributed by atoms with Crippen LogP contribution in [0.4, 0.5) is 5.69 Å². The number of hydrogen-bond acceptors (Lipinski definition) is 4. The van der Waals surface area contributed by atoms with Crippen LogP contribution in [-0.2, 0) is 10.8 Å². The average molecular weight is 268 g/mol. The molecule has 1 aromatic carbocycles. The van der Waals surface area contributed by atoms with Gasteiger partial charge in [-0.3, -0.25) is 4.21 Å². The predicted octanol–water partition coefficient (Wildman–Crippen LogP) is 1.10. The fourth-order valence-electron chi connectivity index (χ4n) is 1.98. The van der Waals surface area contributed by atoms with Crippen LogP contribution in [-0.4, -0.2) is 46.9 Å². The summed E-state index contributed by atoms with van der Waals surface area (Å²) in [6, 6.07) is 7.50. The van der Waals surface area contributed by atoms with Crippen LogP contribution in [0.1, 0.15) is 6.42 Å². The molecule has 100 valence electrons. The van der Waals surface area contributed by atoms with E-state index >= 15 is 0 Å². The van der Waals surface area contributed by atoms with Crippen LogP contribution in [0.5, 0.6) is 5.75 Å². The van der Waals surface area contributed by atoms with Crippen molar-refractivity contribution >= 4 is 16.5 Å². The van der Waals surface area contributed by atoms with E-state index in [4.69, 9.17) is 10.5 Å². The Morgan fingerprint density at radius 3 is 2.83 bits per heavy atom. The van der Waals surface area contributed by atoms with Gasteiger partial charge in [-0.1, -0.05) is 6.07 Å². The van der Waals surface area contributed by atoms with Crippen molar-refractivity contribution in [2.75, 3.05) is 43.5 Å². The largest absolute Gasteiger partial charge is 0.493 e. The molecule has 0 aromatic heterocycles. The zero-order chi connectivity index (χ0) is 12.8. The van der Waals surface area contributed by atoms with E-state index in [0.29, 0.717) is 6.61 Å². The van der Waals surface area contributed by atoms with Crippen molar-refractivity contribution in [3.8, 4) is 5.75 Å². The van der Waals surface area contributed by atoms with Crippen molar-refractivity contribution in [2.24, 2.45) is 0 Å². The lowest BCUT2D eigenvalue weighted by molar-refractivity contribution is 0.247. The van der Waals surface area contributed by atoms with Crippen LogP contribution in [0, 0.1) is 0 Å². The first-order valence-electron chi connectivity index (χ1n) is 6.30. The van der Waals surface area contributed by atoms with E-state index in [-0.39, 0.29) is 0 Å². The molecule has 0 saturated carbocycles. The third-order valence-corrected chi connectivity index (χ3v) is 4.29. The second-order valence-corrected chi connectivity index (χ2v) is 6.16. The van der Waals surface area contributed by atoms with E-state index in [1.807, 2.05) is 24.3 Å². The first-order valence-corrected chi connectivity index (χ1v) is 7.78. The summed E-state index contributed by atoms with van der Waals surface area (Å²) in [5, 5.41) is 0. The summed E-state index contributed by atoms with van der Waals surface area (Å²) in [6.07, 6.45) is 0.988. The Morgan fingerprint density at radius 1 is 1.33 bits per heavy atom. The van der Waals surface area contributed by atoms with Crippen molar-refractivity contribution in [3.63, 3.8) is 0 Å². The fourth-order valence-corrected chi connectivity index (χ4v) is 3.11. The zero-order valence-corrected chi connectivity index (χ0v) is 11.3. The minimum absolute atomic E-state index is 0.587. The van der Waals surface area contributed by atoms with Crippen molar-refractivity contribution < 1.29 is 8.95 Å². The van der Waals surface area contributed by atoms with Crippen molar-refractivity contribution in [1.82, 2.24) is 4.90 Å². The van der Waals surface area contributed by atoms with E-state index in [2.05, 4.69) is 4.90 Å². The lowest BCUT2D eigenvalue weighted by atomic mass is 10.3. The minimum Gasteiger partial charge on any atom is -0.493 e. The van der Waals surface area contributed by atoms with Gasteiger partial charge in [-0.2, -0.15) is 0 Å². The molecular weight excluding hydrogens is 248 g/mol. The predicted molar refractivity (Wildman–Crippen MR) is 75.3 cm³/mol. The third-order valence-electron chi connectivity index (χ3n) is 3.02. The second-order valence-electron chi connectivity index (χ2n) is 4.46. The Labute approximate surface area is 111 Å². The molecule has 1 saturated heterocycles. The van der Waals surface area contributed by atoms with Gasteiger partial charge in [0.05, 0.1) is 6.61 Å². The summed E-state index contributed by atoms with van der Waals surface area (Å²) in [5.74, 6) is 2.46. The van der Waals surface area contributed by atoms with Crippen LogP contribution in [0.3, 0.4) is 0 Å². The van der Waals surface area contributed by atoms with Crippen molar-refractivity contribution in [1.29, 1.82) is 0 Å². The van der Waals surface area contributed by atoms with Gasteiger partial charge in [-0.15, -0.1) is 0 Å². The molecule has 1 aliphatic rings. The van der Waals surface area contributed by atoms with Gasteiger partial charge < -0.3 is 15.4 Å². The Kier molecular flexibility index (Phi) is 5.01. The third kappa shape index (κ3) is 4.31. The average Bonchev–Trinajstić information content (AvgIpc) is 2.37. The van der Waals surface area contributed by atoms with Gasteiger partial charge in [0.25, 0.3) is 0 Å². The molecule has 0 atom stereocenters. The molecule has 2 rings (SSSR count). The maximum Gasteiger partial charge on any atom is 0.121 e. The molecule has 1 fully saturated rings. The number of anilines is 1. The van der Waals surface area contributed by atoms with Gasteiger partial charge in [0.15, 0.2) is 0 Å². The zero-order valence-electron chi connectivity index (χ0n) is 10.5. The van der Waals surface area contributed by atoms with Gasteiger partial charge in [0.1, 0.15) is 5.75 Å². The molecule has 4 nitrogen and oxygen atoms in total. The highest BCUT2D eigenvalue weighted by Crippen LogP contribution is 2.14. The van der Waals surface area contributed by atoms with Crippen LogP contribution in [0.15, 0.2) is 24.3 Å². The minimum atomic E-state index is -0.587. The summed E-state index contributed by atoms with van der Waals surface area (Å²) < 4.78 is 16.8. The Balaban J connectivity index is 1.63. The number of nitrogen functional groups attached to an aromatic ring is 1. The molecule has 0 unspecified atom stereocenters. The van der Waals surface area contributed by atoms with E-state index in [9.17, 15) is 4.21 Å². The van der Waals surface area contributed by atoms with Crippen LogP contribution in [0.2, 0.25) is 0 Å². The van der Waals surface area contributed by atoms with Crippen LogP contribution < -0.4 is 10.5 Å². The molecule has 0 amide bonds. The normalized spacial score (nSPS) is 17.8. The van der Waals surface area contributed by atoms with Crippen LogP contribution in [0.25, 0.3) is 0 Å². The van der Waals surface area contributed by atoms with Gasteiger partial charge in [-0.05, 0) is 18.6 Å². The maximum absolute atomic E-state index is 11.2. The van der Waals surface area contributed by atoms with Gasteiger partial charge >= 0.3 is 0 Å². The molecule has 0 bridgehead atoms. The number of benzene rings is 1. The summed E-state index contributed by atoms with van der Waals surface area (Å²) in [5.41, 5.74) is 6.40. The molecule has 0 spiro atoms. The van der Waals surface area contributed by atoms with Gasteiger partial charge in [-0.25, -0.2) is 0 Å². The highest BCUT2D eigenvalue weighted by atomic mass is 32.2. The van der Waals surface area contributed by atoms with E-state index in [1.165, 1.54) is 0 Å². The topological polar surface area (TPSA) is 55.6 Å². The SMILES string of the molecule is Nc1cccc(OCCCN2CCS(=O)CC2)c1. The molecule has 1 heterocycles. The van der Waals surface area contributed by atoms with E-state index in [0.717, 1.165) is 49.0 Å². The Hall–Kier alpha value is -1.07. The highest BCUT2D eigenvalue weighted by molar-refractivity contribution is 7.85. The number of ether oxygens (including phenoxy) is 1. The standard InChI is InChI=1S/C13H20N2O2S/c14-12-3-1-4-13(11-12)17-8-2-5-15-6-9-18(16)10-7-15/h1,3-4,11H,2,5-10,14H2. The van der Waals surface area contributed by atoms with Crippen molar-refractivity contribution in [3.05, 3.63) is 24.3 Å². The Bertz CT molecular complexity index is 402.